The predicted molar refractivity (Wildman–Crippen MR) is 81.7 cm³/mol. The van der Waals surface area contributed by atoms with Crippen LogP contribution in [0.1, 0.15) is 25.7 Å². The molecule has 7 heteroatoms. The smallest absolute Gasteiger partial charge is 0.149 e. The van der Waals surface area contributed by atoms with E-state index in [-0.39, 0.29) is 30.9 Å². The van der Waals surface area contributed by atoms with E-state index >= 15 is 0 Å². The van der Waals surface area contributed by atoms with Gasteiger partial charge in [-0.25, -0.2) is 9.97 Å². The molecule has 0 aliphatic carbocycles. The number of aromatic nitrogens is 2. The Labute approximate surface area is 127 Å². The summed E-state index contributed by atoms with van der Waals surface area (Å²) in [5.74, 6) is 1.82. The summed E-state index contributed by atoms with van der Waals surface area (Å²) in [7, 11) is 0. The Morgan fingerprint density at radius 2 is 2.11 bits per heavy atom. The third-order valence-corrected chi connectivity index (χ3v) is 2.98. The summed E-state index contributed by atoms with van der Waals surface area (Å²) < 4.78 is 5.43. The lowest BCUT2D eigenvalue weighted by Crippen LogP contribution is -2.36. The number of anilines is 1. The minimum absolute atomic E-state index is 0. The average molecular weight is 309 g/mol. The summed E-state index contributed by atoms with van der Waals surface area (Å²) in [4.78, 5) is 11.2. The summed E-state index contributed by atoms with van der Waals surface area (Å²) in [6, 6.07) is 2.08. The van der Waals surface area contributed by atoms with Gasteiger partial charge in [0.2, 0.25) is 0 Å². The summed E-state index contributed by atoms with van der Waals surface area (Å²) in [6.07, 6.45) is 1.83. The molecule has 0 amide bonds. The molecule has 110 valence electrons. The van der Waals surface area contributed by atoms with Gasteiger partial charge in [0.25, 0.3) is 0 Å². The van der Waals surface area contributed by atoms with Crippen LogP contribution in [0.2, 0.25) is 0 Å². The van der Waals surface area contributed by atoms with E-state index in [9.17, 15) is 0 Å². The van der Waals surface area contributed by atoms with Gasteiger partial charge in [-0.3, -0.25) is 0 Å². The Balaban J connectivity index is 0.00000162. The summed E-state index contributed by atoms with van der Waals surface area (Å²) in [6.45, 7) is 8.47. The van der Waals surface area contributed by atoms with Gasteiger partial charge in [-0.05, 0) is 19.9 Å². The van der Waals surface area contributed by atoms with E-state index in [1.807, 2.05) is 12.3 Å². The Morgan fingerprint density at radius 3 is 2.68 bits per heavy atom. The molecule has 0 radical (unpaired) electrons. The van der Waals surface area contributed by atoms with Crippen LogP contribution in [0.4, 0.5) is 5.82 Å². The second-order valence-electron chi connectivity index (χ2n) is 4.03. The molecule has 2 rings (SSSR count). The number of hydrogen-bond acceptors (Lipinski definition) is 5. The Kier molecular flexibility index (Phi) is 9.01. The standard InChI is InChI=1S/C12H20N4O.2ClH/c1-3-16(4-2)11-5-6-14-12(15-11)10-9-17-8-7-13-10;;/h5-6,10,13H,3-4,7-9H2,1-2H3;2*1H. The zero-order valence-electron chi connectivity index (χ0n) is 11.3. The van der Waals surface area contributed by atoms with Crippen LogP contribution in [0, 0.1) is 0 Å². The molecular formula is C12H22Cl2N4O. The van der Waals surface area contributed by atoms with Crippen molar-refractivity contribution in [3.63, 3.8) is 0 Å². The molecule has 1 fully saturated rings. The van der Waals surface area contributed by atoms with Crippen molar-refractivity contribution in [2.24, 2.45) is 0 Å². The topological polar surface area (TPSA) is 50.3 Å². The van der Waals surface area contributed by atoms with E-state index in [1.54, 1.807) is 0 Å². The molecule has 1 aromatic heterocycles. The van der Waals surface area contributed by atoms with E-state index in [2.05, 4.69) is 34.0 Å². The molecule has 19 heavy (non-hydrogen) atoms. The van der Waals surface area contributed by atoms with Crippen LogP contribution >= 0.6 is 24.8 Å². The summed E-state index contributed by atoms with van der Waals surface area (Å²) >= 11 is 0. The van der Waals surface area contributed by atoms with Gasteiger partial charge in [0.1, 0.15) is 11.6 Å². The predicted octanol–water partition coefficient (Wildman–Crippen LogP) is 1.83. The van der Waals surface area contributed by atoms with Crippen LogP contribution in [-0.2, 0) is 4.74 Å². The molecule has 1 aromatic rings. The molecule has 2 heterocycles. The maximum atomic E-state index is 5.43. The first-order valence-corrected chi connectivity index (χ1v) is 6.24. The highest BCUT2D eigenvalue weighted by atomic mass is 35.5. The fourth-order valence-electron chi connectivity index (χ4n) is 1.99. The third-order valence-electron chi connectivity index (χ3n) is 2.98. The maximum Gasteiger partial charge on any atom is 0.149 e. The van der Waals surface area contributed by atoms with Gasteiger partial charge in [0.15, 0.2) is 0 Å². The second-order valence-corrected chi connectivity index (χ2v) is 4.03. The minimum atomic E-state index is 0. The number of nitrogens with one attached hydrogen (secondary N) is 1. The zero-order valence-corrected chi connectivity index (χ0v) is 13.0. The molecule has 1 unspecified atom stereocenters. The van der Waals surface area contributed by atoms with E-state index in [0.717, 1.165) is 37.9 Å². The first-order valence-electron chi connectivity index (χ1n) is 6.24. The molecule has 1 atom stereocenters. The molecule has 1 aliphatic rings. The summed E-state index contributed by atoms with van der Waals surface area (Å²) in [5.41, 5.74) is 0. The fraction of sp³-hybridized carbons (Fsp3) is 0.667. The molecule has 1 aliphatic heterocycles. The lowest BCUT2D eigenvalue weighted by molar-refractivity contribution is 0.0742. The second kappa shape index (κ2) is 9.31. The zero-order chi connectivity index (χ0) is 12.1. The highest BCUT2D eigenvalue weighted by molar-refractivity contribution is 5.85. The van der Waals surface area contributed by atoms with Crippen molar-refractivity contribution in [2.75, 3.05) is 37.7 Å². The van der Waals surface area contributed by atoms with Gasteiger partial charge in [-0.15, -0.1) is 24.8 Å². The van der Waals surface area contributed by atoms with E-state index < -0.39 is 0 Å². The van der Waals surface area contributed by atoms with Gasteiger partial charge in [0, 0.05) is 25.8 Å². The van der Waals surface area contributed by atoms with Crippen molar-refractivity contribution in [2.45, 2.75) is 19.9 Å². The van der Waals surface area contributed by atoms with E-state index in [1.165, 1.54) is 0 Å². The van der Waals surface area contributed by atoms with Crippen molar-refractivity contribution in [3.8, 4) is 0 Å². The minimum Gasteiger partial charge on any atom is -0.378 e. The van der Waals surface area contributed by atoms with Crippen LogP contribution in [-0.4, -0.2) is 42.8 Å². The molecule has 0 spiro atoms. The molecule has 5 nitrogen and oxygen atoms in total. The largest absolute Gasteiger partial charge is 0.378 e. The van der Waals surface area contributed by atoms with E-state index in [4.69, 9.17) is 4.74 Å². The van der Waals surface area contributed by atoms with Gasteiger partial charge >= 0.3 is 0 Å². The number of nitrogens with zero attached hydrogens (tertiary/aromatic N) is 3. The monoisotopic (exact) mass is 308 g/mol. The highest BCUT2D eigenvalue weighted by Gasteiger charge is 2.18. The van der Waals surface area contributed by atoms with Crippen molar-refractivity contribution < 1.29 is 4.74 Å². The van der Waals surface area contributed by atoms with E-state index in [0.29, 0.717) is 6.61 Å². The van der Waals surface area contributed by atoms with Gasteiger partial charge in [0.05, 0.1) is 19.3 Å². The average Bonchev–Trinajstić information content (AvgIpc) is 2.42. The number of hydrogen-bond donors (Lipinski definition) is 1. The lowest BCUT2D eigenvalue weighted by atomic mass is 10.2. The normalized spacial score (nSPS) is 18.1. The van der Waals surface area contributed by atoms with Crippen LogP contribution in [0.15, 0.2) is 12.3 Å². The first-order chi connectivity index (χ1) is 8.35. The Bertz CT molecular complexity index is 357. The fourth-order valence-corrected chi connectivity index (χ4v) is 1.99. The number of rotatable bonds is 4. The third kappa shape index (κ3) is 4.76. The number of ether oxygens (including phenoxy) is 1. The first kappa shape index (κ1) is 18.4. The number of halogens is 2. The Hall–Kier alpha value is -0.620. The molecule has 0 saturated carbocycles. The summed E-state index contributed by atoms with van der Waals surface area (Å²) in [5, 5.41) is 3.37. The molecule has 1 saturated heterocycles. The van der Waals surface area contributed by atoms with Crippen molar-refractivity contribution in [1.82, 2.24) is 15.3 Å². The lowest BCUT2D eigenvalue weighted by Gasteiger charge is -2.24. The molecular weight excluding hydrogens is 287 g/mol. The van der Waals surface area contributed by atoms with Crippen LogP contribution < -0.4 is 10.2 Å². The number of morpholine rings is 1. The molecule has 0 aromatic carbocycles. The van der Waals surface area contributed by atoms with Gasteiger partial charge in [-0.1, -0.05) is 0 Å². The SMILES string of the molecule is CCN(CC)c1ccnc(C2COCCN2)n1.Cl.Cl. The van der Waals surface area contributed by atoms with Crippen LogP contribution in [0.25, 0.3) is 0 Å². The maximum absolute atomic E-state index is 5.43. The van der Waals surface area contributed by atoms with Gasteiger partial charge < -0.3 is 15.0 Å². The van der Waals surface area contributed by atoms with Crippen molar-refractivity contribution in [1.29, 1.82) is 0 Å². The van der Waals surface area contributed by atoms with Crippen LogP contribution in [0.5, 0.6) is 0 Å². The van der Waals surface area contributed by atoms with Gasteiger partial charge in [-0.2, -0.15) is 0 Å². The van der Waals surface area contributed by atoms with Crippen molar-refractivity contribution >= 4 is 30.6 Å². The van der Waals surface area contributed by atoms with Crippen LogP contribution in [0.3, 0.4) is 0 Å². The van der Waals surface area contributed by atoms with Crippen molar-refractivity contribution in [3.05, 3.63) is 18.1 Å². The molecule has 0 bridgehead atoms. The Morgan fingerprint density at radius 1 is 1.37 bits per heavy atom. The quantitative estimate of drug-likeness (QED) is 0.919. The highest BCUT2D eigenvalue weighted by Crippen LogP contribution is 2.15. The molecule has 1 N–H and O–H groups in total.